The van der Waals surface area contributed by atoms with Crippen LogP contribution in [0, 0.1) is 10.1 Å². The Labute approximate surface area is 136 Å². The van der Waals surface area contributed by atoms with Crippen LogP contribution in [0.5, 0.6) is 5.75 Å². The lowest BCUT2D eigenvalue weighted by Gasteiger charge is -2.08. The van der Waals surface area contributed by atoms with Crippen LogP contribution in [-0.4, -0.2) is 28.5 Å². The minimum absolute atomic E-state index is 0.151. The molecule has 2 N–H and O–H groups in total. The van der Waals surface area contributed by atoms with Crippen molar-refractivity contribution in [3.05, 3.63) is 64.3 Å². The quantitative estimate of drug-likeness (QED) is 0.609. The third kappa shape index (κ3) is 5.05. The van der Waals surface area contributed by atoms with E-state index in [1.165, 1.54) is 18.3 Å². The molecule has 3 amide bonds. The number of nitrogens with zero attached hydrogens (tertiary/aromatic N) is 2. The lowest BCUT2D eigenvalue weighted by atomic mass is 10.2. The Bertz CT molecular complexity index is 736. The average molecular weight is 330 g/mol. The SMILES string of the molecule is O=C(COc1cccnc1[N+](=O)[O-])NC(=O)NCc1ccccc1. The first-order chi connectivity index (χ1) is 11.6. The second kappa shape index (κ2) is 8.22. The van der Waals surface area contributed by atoms with Crippen molar-refractivity contribution in [3.63, 3.8) is 0 Å². The van der Waals surface area contributed by atoms with Gasteiger partial charge in [0.05, 0.1) is 0 Å². The number of amides is 3. The van der Waals surface area contributed by atoms with E-state index < -0.39 is 29.3 Å². The Balaban J connectivity index is 1.79. The predicted octanol–water partition coefficient (Wildman–Crippen LogP) is 1.39. The molecule has 24 heavy (non-hydrogen) atoms. The molecule has 0 saturated carbocycles. The molecule has 2 aromatic rings. The van der Waals surface area contributed by atoms with Crippen molar-refractivity contribution < 1.29 is 19.2 Å². The number of nitro groups is 1. The van der Waals surface area contributed by atoms with Crippen molar-refractivity contribution in [1.29, 1.82) is 0 Å². The number of benzene rings is 1. The zero-order valence-electron chi connectivity index (χ0n) is 12.5. The summed E-state index contributed by atoms with van der Waals surface area (Å²) in [5.41, 5.74) is 0.877. The predicted molar refractivity (Wildman–Crippen MR) is 83.2 cm³/mol. The van der Waals surface area contributed by atoms with Gasteiger partial charge in [-0.3, -0.25) is 10.1 Å². The highest BCUT2D eigenvalue weighted by Gasteiger charge is 2.17. The molecule has 9 heteroatoms. The van der Waals surface area contributed by atoms with E-state index in [9.17, 15) is 19.7 Å². The number of aromatic nitrogens is 1. The number of ether oxygens (including phenoxy) is 1. The molecule has 0 fully saturated rings. The van der Waals surface area contributed by atoms with Gasteiger partial charge >= 0.3 is 11.8 Å². The monoisotopic (exact) mass is 330 g/mol. The highest BCUT2D eigenvalue weighted by molar-refractivity contribution is 5.95. The fourth-order valence-corrected chi connectivity index (χ4v) is 1.76. The molecule has 1 heterocycles. The topological polar surface area (TPSA) is 123 Å². The fraction of sp³-hybridized carbons (Fsp3) is 0.133. The smallest absolute Gasteiger partial charge is 0.406 e. The number of carbonyl (C=O) groups is 2. The third-order valence-corrected chi connectivity index (χ3v) is 2.83. The largest absolute Gasteiger partial charge is 0.476 e. The van der Waals surface area contributed by atoms with Crippen LogP contribution in [0.4, 0.5) is 10.6 Å². The maximum absolute atomic E-state index is 11.6. The van der Waals surface area contributed by atoms with Crippen LogP contribution >= 0.6 is 0 Å². The van der Waals surface area contributed by atoms with Crippen molar-refractivity contribution in [2.75, 3.05) is 6.61 Å². The number of nitrogens with one attached hydrogen (secondary N) is 2. The van der Waals surface area contributed by atoms with Gasteiger partial charge in [-0.25, -0.2) is 4.79 Å². The highest BCUT2D eigenvalue weighted by atomic mass is 16.6. The minimum atomic E-state index is -0.737. The van der Waals surface area contributed by atoms with Gasteiger partial charge < -0.3 is 20.2 Å². The number of rotatable bonds is 6. The van der Waals surface area contributed by atoms with Crippen LogP contribution in [-0.2, 0) is 11.3 Å². The molecule has 0 aliphatic heterocycles. The van der Waals surface area contributed by atoms with E-state index in [1.807, 2.05) is 30.3 Å². The number of pyridine rings is 1. The van der Waals surface area contributed by atoms with Crippen molar-refractivity contribution in [1.82, 2.24) is 15.6 Å². The second-order valence-corrected chi connectivity index (χ2v) is 4.59. The zero-order valence-corrected chi connectivity index (χ0v) is 12.5. The normalized spacial score (nSPS) is 9.83. The Hall–Kier alpha value is -3.49. The first kappa shape index (κ1) is 16.9. The van der Waals surface area contributed by atoms with E-state index in [4.69, 9.17) is 4.74 Å². The van der Waals surface area contributed by atoms with Gasteiger partial charge in [0, 0.05) is 6.54 Å². The van der Waals surface area contributed by atoms with Gasteiger partial charge in [0.25, 0.3) is 5.91 Å². The van der Waals surface area contributed by atoms with E-state index in [1.54, 1.807) is 0 Å². The second-order valence-electron chi connectivity index (χ2n) is 4.59. The van der Waals surface area contributed by atoms with Crippen LogP contribution < -0.4 is 15.4 Å². The molecule has 1 aromatic heterocycles. The van der Waals surface area contributed by atoms with Crippen LogP contribution in [0.3, 0.4) is 0 Å². The number of urea groups is 1. The van der Waals surface area contributed by atoms with Crippen molar-refractivity contribution in [3.8, 4) is 5.75 Å². The van der Waals surface area contributed by atoms with Crippen LogP contribution in [0.15, 0.2) is 48.7 Å². The Morgan fingerprint density at radius 3 is 2.62 bits per heavy atom. The molecular formula is C15H14N4O5. The molecule has 0 aliphatic carbocycles. The Morgan fingerprint density at radius 2 is 1.92 bits per heavy atom. The van der Waals surface area contributed by atoms with Gasteiger partial charge in [0.2, 0.25) is 5.75 Å². The van der Waals surface area contributed by atoms with Crippen molar-refractivity contribution >= 4 is 17.8 Å². The molecule has 0 aliphatic rings. The number of carbonyl (C=O) groups excluding carboxylic acids is 2. The summed E-state index contributed by atoms with van der Waals surface area (Å²) < 4.78 is 5.03. The van der Waals surface area contributed by atoms with E-state index in [-0.39, 0.29) is 12.3 Å². The molecule has 2 rings (SSSR count). The lowest BCUT2D eigenvalue weighted by molar-refractivity contribution is -0.390. The first-order valence-corrected chi connectivity index (χ1v) is 6.90. The van der Waals surface area contributed by atoms with Crippen molar-refractivity contribution in [2.45, 2.75) is 6.54 Å². The van der Waals surface area contributed by atoms with Crippen LogP contribution in [0.1, 0.15) is 5.56 Å². The molecule has 0 spiro atoms. The van der Waals surface area contributed by atoms with E-state index in [0.29, 0.717) is 0 Å². The van der Waals surface area contributed by atoms with E-state index in [0.717, 1.165) is 5.56 Å². The molecule has 0 radical (unpaired) electrons. The summed E-state index contributed by atoms with van der Waals surface area (Å²) >= 11 is 0. The summed E-state index contributed by atoms with van der Waals surface area (Å²) in [7, 11) is 0. The van der Waals surface area contributed by atoms with Crippen LogP contribution in [0.2, 0.25) is 0 Å². The van der Waals surface area contributed by atoms with Gasteiger partial charge in [-0.05, 0) is 27.6 Å². The van der Waals surface area contributed by atoms with Crippen molar-refractivity contribution in [2.24, 2.45) is 0 Å². The summed E-state index contributed by atoms with van der Waals surface area (Å²) in [6.45, 7) is -0.291. The highest BCUT2D eigenvalue weighted by Crippen LogP contribution is 2.22. The van der Waals surface area contributed by atoms with Crippen LogP contribution in [0.25, 0.3) is 0 Å². The average Bonchev–Trinajstić information content (AvgIpc) is 2.59. The third-order valence-electron chi connectivity index (χ3n) is 2.83. The van der Waals surface area contributed by atoms with Gasteiger partial charge in [-0.15, -0.1) is 0 Å². The molecule has 9 nitrogen and oxygen atoms in total. The van der Waals surface area contributed by atoms with Gasteiger partial charge in [-0.2, -0.15) is 0 Å². The van der Waals surface area contributed by atoms with Gasteiger partial charge in [0.15, 0.2) is 6.61 Å². The minimum Gasteiger partial charge on any atom is -0.476 e. The molecular weight excluding hydrogens is 316 g/mol. The zero-order chi connectivity index (χ0) is 17.4. The molecule has 0 unspecified atom stereocenters. The maximum Gasteiger partial charge on any atom is 0.406 e. The lowest BCUT2D eigenvalue weighted by Crippen LogP contribution is -2.41. The summed E-state index contributed by atoms with van der Waals surface area (Å²) in [5.74, 6) is -1.39. The molecule has 0 saturated heterocycles. The number of hydrogen-bond acceptors (Lipinski definition) is 6. The standard InChI is InChI=1S/C15H14N4O5/c20-13(10-24-12-7-4-8-16-14(12)19(22)23)18-15(21)17-9-11-5-2-1-3-6-11/h1-8H,9-10H2,(H2,17,18,20,21). The first-order valence-electron chi connectivity index (χ1n) is 6.90. The molecule has 1 aromatic carbocycles. The Morgan fingerprint density at radius 1 is 1.17 bits per heavy atom. The number of imide groups is 1. The summed E-state index contributed by atoms with van der Waals surface area (Å²) in [6, 6.07) is 11.2. The van der Waals surface area contributed by atoms with Gasteiger partial charge in [-0.1, -0.05) is 30.3 Å². The molecule has 124 valence electrons. The summed E-state index contributed by atoms with van der Waals surface area (Å²) in [4.78, 5) is 36.8. The summed E-state index contributed by atoms with van der Waals surface area (Å²) in [6.07, 6.45) is 1.24. The molecule has 0 atom stereocenters. The number of hydrogen-bond donors (Lipinski definition) is 2. The molecule has 0 bridgehead atoms. The maximum atomic E-state index is 11.6. The summed E-state index contributed by atoms with van der Waals surface area (Å²) in [5, 5.41) is 15.3. The van der Waals surface area contributed by atoms with E-state index in [2.05, 4.69) is 15.6 Å². The Kier molecular flexibility index (Phi) is 5.78. The van der Waals surface area contributed by atoms with Gasteiger partial charge in [0.1, 0.15) is 6.20 Å². The fourth-order valence-electron chi connectivity index (χ4n) is 1.76. The van der Waals surface area contributed by atoms with E-state index >= 15 is 0 Å².